The van der Waals surface area contributed by atoms with Crippen molar-refractivity contribution >= 4 is 58.3 Å². The van der Waals surface area contributed by atoms with Crippen molar-refractivity contribution in [3.05, 3.63) is 55.3 Å². The zero-order valence-electron chi connectivity index (χ0n) is 10.7. The van der Waals surface area contributed by atoms with Crippen molar-refractivity contribution in [3.63, 3.8) is 0 Å². The van der Waals surface area contributed by atoms with E-state index in [1.165, 1.54) is 23.5 Å². The molecular formula is C14H10Cl2O2S2. The Morgan fingerprint density at radius 3 is 1.40 bits per heavy atom. The van der Waals surface area contributed by atoms with Gasteiger partial charge < -0.3 is 0 Å². The lowest BCUT2D eigenvalue weighted by atomic mass is 9.98. The SMILES string of the molecule is CSC1=C/C(=C2\C=C(Cl)C(=O)C(SC)=C2)C=C(Cl)C1=O. The van der Waals surface area contributed by atoms with Crippen LogP contribution in [0.3, 0.4) is 0 Å². The number of hydrogen-bond acceptors (Lipinski definition) is 4. The molecule has 0 N–H and O–H groups in total. The van der Waals surface area contributed by atoms with Gasteiger partial charge in [0.2, 0.25) is 11.6 Å². The molecule has 6 heteroatoms. The normalized spacial score (nSPS) is 23.2. The summed E-state index contributed by atoms with van der Waals surface area (Å²) in [7, 11) is 0. The molecule has 0 aliphatic heterocycles. The fraction of sp³-hybridized carbons (Fsp3) is 0.143. The van der Waals surface area contributed by atoms with E-state index in [4.69, 9.17) is 23.2 Å². The maximum atomic E-state index is 11.8. The smallest absolute Gasteiger partial charge is 0.210 e. The highest BCUT2D eigenvalue weighted by Gasteiger charge is 2.22. The van der Waals surface area contributed by atoms with Gasteiger partial charge >= 0.3 is 0 Å². The minimum Gasteiger partial charge on any atom is -0.287 e. The number of rotatable bonds is 2. The first-order chi connectivity index (χ1) is 9.47. The Morgan fingerprint density at radius 2 is 1.10 bits per heavy atom. The summed E-state index contributed by atoms with van der Waals surface area (Å²) in [4.78, 5) is 24.7. The average Bonchev–Trinajstić information content (AvgIpc) is 2.44. The molecule has 0 fully saturated rings. The Bertz CT molecular complexity index is 596. The summed E-state index contributed by atoms with van der Waals surface area (Å²) < 4.78 is 0. The van der Waals surface area contributed by atoms with Crippen LogP contribution in [0.25, 0.3) is 0 Å². The zero-order chi connectivity index (χ0) is 14.9. The van der Waals surface area contributed by atoms with Crippen LogP contribution >= 0.6 is 46.7 Å². The van der Waals surface area contributed by atoms with Crippen molar-refractivity contribution in [2.75, 3.05) is 12.5 Å². The molecule has 0 unspecified atom stereocenters. The molecule has 0 atom stereocenters. The van der Waals surface area contributed by atoms with Crippen molar-refractivity contribution in [2.24, 2.45) is 0 Å². The fourth-order valence-corrected chi connectivity index (χ4v) is 3.40. The van der Waals surface area contributed by atoms with Crippen LogP contribution in [-0.4, -0.2) is 24.1 Å². The minimum absolute atomic E-state index is 0.167. The zero-order valence-corrected chi connectivity index (χ0v) is 13.8. The molecule has 0 saturated heterocycles. The molecule has 0 spiro atoms. The van der Waals surface area contributed by atoms with Crippen LogP contribution < -0.4 is 0 Å². The van der Waals surface area contributed by atoms with Crippen LogP contribution in [-0.2, 0) is 9.59 Å². The third-order valence-electron chi connectivity index (χ3n) is 2.79. The average molecular weight is 345 g/mol. The topological polar surface area (TPSA) is 34.1 Å². The summed E-state index contributed by atoms with van der Waals surface area (Å²) in [5, 5.41) is 0.333. The van der Waals surface area contributed by atoms with Crippen molar-refractivity contribution < 1.29 is 9.59 Å². The van der Waals surface area contributed by atoms with E-state index < -0.39 is 0 Å². The number of halogens is 2. The molecule has 0 aromatic rings. The number of hydrogen-bond donors (Lipinski definition) is 0. The van der Waals surface area contributed by atoms with Gasteiger partial charge in [0.05, 0.1) is 19.9 Å². The van der Waals surface area contributed by atoms with E-state index in [-0.39, 0.29) is 21.6 Å². The van der Waals surface area contributed by atoms with Crippen LogP contribution in [0, 0.1) is 0 Å². The molecule has 0 heterocycles. The Hall–Kier alpha value is -0.680. The third kappa shape index (κ3) is 2.98. The Labute approximate surface area is 135 Å². The molecule has 2 aliphatic rings. The van der Waals surface area contributed by atoms with Gasteiger partial charge in [0.1, 0.15) is 0 Å². The number of carbonyl (C=O) groups is 2. The molecule has 0 aromatic carbocycles. The monoisotopic (exact) mass is 344 g/mol. The van der Waals surface area contributed by atoms with Gasteiger partial charge in [-0.25, -0.2) is 0 Å². The molecule has 2 nitrogen and oxygen atoms in total. The lowest BCUT2D eigenvalue weighted by molar-refractivity contribution is -0.111. The summed E-state index contributed by atoms with van der Waals surface area (Å²) in [6.45, 7) is 0. The predicted octanol–water partition coefficient (Wildman–Crippen LogP) is 4.19. The van der Waals surface area contributed by atoms with Crippen molar-refractivity contribution in [2.45, 2.75) is 0 Å². The maximum absolute atomic E-state index is 11.8. The van der Waals surface area contributed by atoms with Gasteiger partial charge in [-0.05, 0) is 48.0 Å². The van der Waals surface area contributed by atoms with E-state index in [2.05, 4.69) is 0 Å². The molecule has 0 aromatic heterocycles. The van der Waals surface area contributed by atoms with E-state index in [1.54, 1.807) is 24.3 Å². The molecule has 0 radical (unpaired) electrons. The van der Waals surface area contributed by atoms with Gasteiger partial charge in [0.25, 0.3) is 0 Å². The first-order valence-corrected chi connectivity index (χ1v) is 8.78. The van der Waals surface area contributed by atoms with Gasteiger partial charge in [0.15, 0.2) is 0 Å². The third-order valence-corrected chi connectivity index (χ3v) is 4.84. The van der Waals surface area contributed by atoms with Crippen LogP contribution in [0.2, 0.25) is 0 Å². The van der Waals surface area contributed by atoms with E-state index in [1.807, 2.05) is 12.5 Å². The number of allylic oxidation sites excluding steroid dienone is 10. The second kappa shape index (κ2) is 6.39. The van der Waals surface area contributed by atoms with Crippen LogP contribution in [0.15, 0.2) is 55.3 Å². The lowest BCUT2D eigenvalue weighted by Crippen LogP contribution is -2.08. The van der Waals surface area contributed by atoms with Crippen LogP contribution in [0.4, 0.5) is 0 Å². The first-order valence-electron chi connectivity index (χ1n) is 5.57. The lowest BCUT2D eigenvalue weighted by Gasteiger charge is -2.15. The van der Waals surface area contributed by atoms with E-state index in [0.717, 1.165) is 11.1 Å². The van der Waals surface area contributed by atoms with E-state index >= 15 is 0 Å². The second-order valence-corrected chi connectivity index (χ2v) is 6.49. The number of Topliss-reactive ketones (excluding diaryl/α,β-unsaturated/α-hetero) is 2. The van der Waals surface area contributed by atoms with Gasteiger partial charge in [-0.3, -0.25) is 9.59 Å². The van der Waals surface area contributed by atoms with Crippen molar-refractivity contribution in [3.8, 4) is 0 Å². The largest absolute Gasteiger partial charge is 0.287 e. The summed E-state index contributed by atoms with van der Waals surface area (Å²) >= 11 is 14.6. The Balaban J connectivity index is 2.58. The van der Waals surface area contributed by atoms with Gasteiger partial charge in [0, 0.05) is 0 Å². The summed E-state index contributed by atoms with van der Waals surface area (Å²) in [5.41, 5.74) is 1.55. The summed E-state index contributed by atoms with van der Waals surface area (Å²) in [6.07, 6.45) is 10.4. The van der Waals surface area contributed by atoms with E-state index in [9.17, 15) is 9.59 Å². The van der Waals surface area contributed by atoms with Crippen LogP contribution in [0.5, 0.6) is 0 Å². The van der Waals surface area contributed by atoms with Gasteiger partial charge in [-0.2, -0.15) is 0 Å². The quantitative estimate of drug-likeness (QED) is 0.752. The Morgan fingerprint density at radius 1 is 0.750 bits per heavy atom. The maximum Gasteiger partial charge on any atom is 0.210 e. The van der Waals surface area contributed by atoms with Crippen molar-refractivity contribution in [1.82, 2.24) is 0 Å². The molecule has 0 saturated carbocycles. The molecule has 104 valence electrons. The molecular weight excluding hydrogens is 335 g/mol. The predicted molar refractivity (Wildman–Crippen MR) is 88.1 cm³/mol. The second-order valence-electron chi connectivity index (χ2n) is 3.98. The first kappa shape index (κ1) is 15.7. The molecule has 2 aliphatic carbocycles. The molecule has 20 heavy (non-hydrogen) atoms. The van der Waals surface area contributed by atoms with Gasteiger partial charge in [-0.15, -0.1) is 23.5 Å². The van der Waals surface area contributed by atoms with E-state index in [0.29, 0.717) is 9.81 Å². The highest BCUT2D eigenvalue weighted by Crippen LogP contribution is 2.34. The summed E-state index contributed by atoms with van der Waals surface area (Å²) in [6, 6.07) is 0. The Kier molecular flexibility index (Phi) is 5.02. The highest BCUT2D eigenvalue weighted by molar-refractivity contribution is 8.03. The standard InChI is InChI=1S/C14H10Cl2O2S2/c1-19-11-5-7(3-9(15)13(11)17)8-4-10(16)14(18)12(6-8)20-2/h3-6H,1-2H3/b8-7+. The molecule has 0 bridgehead atoms. The van der Waals surface area contributed by atoms with Gasteiger partial charge in [-0.1, -0.05) is 23.2 Å². The number of carbonyl (C=O) groups excluding carboxylic acids is 2. The fourth-order valence-electron chi connectivity index (χ4n) is 1.77. The number of thioether (sulfide) groups is 2. The van der Waals surface area contributed by atoms with Crippen molar-refractivity contribution in [1.29, 1.82) is 0 Å². The highest BCUT2D eigenvalue weighted by atomic mass is 35.5. The minimum atomic E-state index is -0.181. The molecule has 0 amide bonds. The number of ketones is 2. The summed E-state index contributed by atoms with van der Waals surface area (Å²) in [5.74, 6) is -0.362. The molecule has 2 rings (SSSR count). The van der Waals surface area contributed by atoms with Crippen LogP contribution in [0.1, 0.15) is 0 Å².